The molecule has 0 amide bonds. The SMILES string of the molecule is COc1c(C=O)cc(-c2cccnc2C)cc1C(C)(C)C. The van der Waals surface area contributed by atoms with Gasteiger partial charge < -0.3 is 4.74 Å². The zero-order valence-electron chi connectivity index (χ0n) is 13.2. The number of benzene rings is 1. The van der Waals surface area contributed by atoms with Gasteiger partial charge in [-0.2, -0.15) is 0 Å². The Morgan fingerprint density at radius 3 is 2.48 bits per heavy atom. The average molecular weight is 283 g/mol. The average Bonchev–Trinajstić information content (AvgIpc) is 2.45. The van der Waals surface area contributed by atoms with Crippen molar-refractivity contribution in [3.05, 3.63) is 47.3 Å². The van der Waals surface area contributed by atoms with Crippen molar-refractivity contribution >= 4 is 6.29 Å². The molecule has 3 heteroatoms. The Bertz CT molecular complexity index is 669. The smallest absolute Gasteiger partial charge is 0.153 e. The van der Waals surface area contributed by atoms with Crippen molar-refractivity contribution in [1.82, 2.24) is 4.98 Å². The highest BCUT2D eigenvalue weighted by Gasteiger charge is 2.23. The normalized spacial score (nSPS) is 11.3. The first-order chi connectivity index (χ1) is 9.88. The molecule has 0 aliphatic carbocycles. The van der Waals surface area contributed by atoms with Crippen LogP contribution in [-0.2, 0) is 5.41 Å². The minimum Gasteiger partial charge on any atom is -0.496 e. The Labute approximate surface area is 126 Å². The van der Waals surface area contributed by atoms with Crippen molar-refractivity contribution in [1.29, 1.82) is 0 Å². The number of hydrogen-bond donors (Lipinski definition) is 0. The van der Waals surface area contributed by atoms with Crippen LogP contribution in [0.2, 0.25) is 0 Å². The first kappa shape index (κ1) is 15.2. The van der Waals surface area contributed by atoms with Crippen LogP contribution in [0, 0.1) is 6.92 Å². The molecule has 110 valence electrons. The minimum absolute atomic E-state index is 0.116. The summed E-state index contributed by atoms with van der Waals surface area (Å²) in [7, 11) is 1.60. The molecule has 0 saturated heterocycles. The van der Waals surface area contributed by atoms with E-state index in [-0.39, 0.29) is 5.41 Å². The van der Waals surface area contributed by atoms with Gasteiger partial charge in [-0.25, -0.2) is 0 Å². The van der Waals surface area contributed by atoms with E-state index in [1.807, 2.05) is 25.1 Å². The van der Waals surface area contributed by atoms with Gasteiger partial charge in [-0.05, 0) is 36.1 Å². The summed E-state index contributed by atoms with van der Waals surface area (Å²) in [6, 6.07) is 7.88. The molecule has 0 aliphatic rings. The number of aromatic nitrogens is 1. The Morgan fingerprint density at radius 2 is 1.95 bits per heavy atom. The van der Waals surface area contributed by atoms with Crippen molar-refractivity contribution in [2.24, 2.45) is 0 Å². The van der Waals surface area contributed by atoms with E-state index in [0.29, 0.717) is 11.3 Å². The van der Waals surface area contributed by atoms with Gasteiger partial charge in [-0.1, -0.05) is 26.8 Å². The summed E-state index contributed by atoms with van der Waals surface area (Å²) in [5, 5.41) is 0. The molecule has 0 unspecified atom stereocenters. The van der Waals surface area contributed by atoms with Gasteiger partial charge in [0.1, 0.15) is 5.75 Å². The molecular formula is C18H21NO2. The van der Waals surface area contributed by atoms with Crippen molar-refractivity contribution in [3.63, 3.8) is 0 Å². The summed E-state index contributed by atoms with van der Waals surface area (Å²) < 4.78 is 5.47. The molecule has 0 N–H and O–H groups in total. The van der Waals surface area contributed by atoms with Gasteiger partial charge in [0.25, 0.3) is 0 Å². The number of carbonyl (C=O) groups is 1. The maximum Gasteiger partial charge on any atom is 0.153 e. The van der Waals surface area contributed by atoms with Gasteiger partial charge in [0, 0.05) is 23.0 Å². The van der Waals surface area contributed by atoms with Crippen molar-refractivity contribution < 1.29 is 9.53 Å². The van der Waals surface area contributed by atoms with Crippen molar-refractivity contribution in [2.75, 3.05) is 7.11 Å². The van der Waals surface area contributed by atoms with Gasteiger partial charge >= 0.3 is 0 Å². The van der Waals surface area contributed by atoms with Crippen LogP contribution in [0.15, 0.2) is 30.5 Å². The molecule has 0 saturated carbocycles. The van der Waals surface area contributed by atoms with E-state index in [9.17, 15) is 4.79 Å². The fourth-order valence-corrected chi connectivity index (χ4v) is 2.47. The number of nitrogens with zero attached hydrogens (tertiary/aromatic N) is 1. The molecule has 1 heterocycles. The third-order valence-electron chi connectivity index (χ3n) is 3.57. The first-order valence-corrected chi connectivity index (χ1v) is 6.98. The number of rotatable bonds is 3. The number of pyridine rings is 1. The topological polar surface area (TPSA) is 39.2 Å². The van der Waals surface area contributed by atoms with E-state index >= 15 is 0 Å². The van der Waals surface area contributed by atoms with Gasteiger partial charge in [0.05, 0.1) is 12.7 Å². The molecule has 2 aromatic rings. The summed E-state index contributed by atoms with van der Waals surface area (Å²) in [5.41, 5.74) is 4.45. The third kappa shape index (κ3) is 2.97. The lowest BCUT2D eigenvalue weighted by atomic mass is 9.83. The number of carbonyl (C=O) groups excluding carboxylic acids is 1. The van der Waals surface area contributed by atoms with E-state index in [0.717, 1.165) is 28.7 Å². The molecule has 1 aromatic carbocycles. The van der Waals surface area contributed by atoms with Crippen LogP contribution in [0.1, 0.15) is 42.4 Å². The fraction of sp³-hybridized carbons (Fsp3) is 0.333. The second-order valence-electron chi connectivity index (χ2n) is 6.15. The molecular weight excluding hydrogens is 262 g/mol. The number of aldehydes is 1. The maximum atomic E-state index is 11.4. The Balaban J connectivity index is 2.76. The molecule has 0 atom stereocenters. The molecule has 2 rings (SSSR count). The maximum absolute atomic E-state index is 11.4. The minimum atomic E-state index is -0.116. The van der Waals surface area contributed by atoms with Crippen LogP contribution in [-0.4, -0.2) is 18.4 Å². The lowest BCUT2D eigenvalue weighted by molar-refractivity contribution is 0.112. The summed E-state index contributed by atoms with van der Waals surface area (Å²) in [6.07, 6.45) is 2.62. The molecule has 0 bridgehead atoms. The monoisotopic (exact) mass is 283 g/mol. The summed E-state index contributed by atoms with van der Waals surface area (Å²) in [4.78, 5) is 15.8. The third-order valence-corrected chi connectivity index (χ3v) is 3.57. The predicted molar refractivity (Wildman–Crippen MR) is 85.0 cm³/mol. The zero-order valence-corrected chi connectivity index (χ0v) is 13.2. The molecule has 21 heavy (non-hydrogen) atoms. The van der Waals surface area contributed by atoms with Gasteiger partial charge in [-0.15, -0.1) is 0 Å². The zero-order chi connectivity index (χ0) is 15.6. The Kier molecular flexibility index (Phi) is 4.12. The molecule has 0 fully saturated rings. The Hall–Kier alpha value is -2.16. The highest BCUT2D eigenvalue weighted by atomic mass is 16.5. The number of aryl methyl sites for hydroxylation is 1. The summed E-state index contributed by atoms with van der Waals surface area (Å²) >= 11 is 0. The van der Waals surface area contributed by atoms with Crippen LogP contribution in [0.25, 0.3) is 11.1 Å². The van der Waals surface area contributed by atoms with Crippen molar-refractivity contribution in [2.45, 2.75) is 33.1 Å². The van der Waals surface area contributed by atoms with E-state index < -0.39 is 0 Å². The lowest BCUT2D eigenvalue weighted by Gasteiger charge is -2.24. The second-order valence-corrected chi connectivity index (χ2v) is 6.15. The first-order valence-electron chi connectivity index (χ1n) is 6.98. The fourth-order valence-electron chi connectivity index (χ4n) is 2.47. The predicted octanol–water partition coefficient (Wildman–Crippen LogP) is 4.18. The van der Waals surface area contributed by atoms with Gasteiger partial charge in [-0.3, -0.25) is 9.78 Å². The lowest BCUT2D eigenvalue weighted by Crippen LogP contribution is -2.14. The summed E-state index contributed by atoms with van der Waals surface area (Å²) in [5.74, 6) is 0.655. The number of ether oxygens (including phenoxy) is 1. The van der Waals surface area contributed by atoms with E-state index in [2.05, 4.69) is 31.8 Å². The quantitative estimate of drug-likeness (QED) is 0.793. The van der Waals surface area contributed by atoms with Crippen LogP contribution >= 0.6 is 0 Å². The molecule has 0 radical (unpaired) electrons. The van der Waals surface area contributed by atoms with Crippen LogP contribution in [0.4, 0.5) is 0 Å². The van der Waals surface area contributed by atoms with Gasteiger partial charge in [0.15, 0.2) is 6.29 Å². The van der Waals surface area contributed by atoms with E-state index in [4.69, 9.17) is 4.74 Å². The van der Waals surface area contributed by atoms with Crippen LogP contribution < -0.4 is 4.74 Å². The van der Waals surface area contributed by atoms with E-state index in [1.54, 1.807) is 13.3 Å². The van der Waals surface area contributed by atoms with Crippen LogP contribution in [0.3, 0.4) is 0 Å². The highest BCUT2D eigenvalue weighted by molar-refractivity contribution is 5.85. The van der Waals surface area contributed by atoms with Crippen molar-refractivity contribution in [3.8, 4) is 16.9 Å². The molecule has 0 spiro atoms. The van der Waals surface area contributed by atoms with Crippen LogP contribution in [0.5, 0.6) is 5.75 Å². The highest BCUT2D eigenvalue weighted by Crippen LogP contribution is 2.37. The number of hydrogen-bond acceptors (Lipinski definition) is 3. The molecule has 1 aromatic heterocycles. The second kappa shape index (κ2) is 5.68. The van der Waals surface area contributed by atoms with E-state index in [1.165, 1.54) is 0 Å². The summed E-state index contributed by atoms with van der Waals surface area (Å²) in [6.45, 7) is 8.30. The number of methoxy groups -OCH3 is 1. The standard InChI is InChI=1S/C18H21NO2/c1-12-15(7-6-8-19-12)13-9-14(11-20)17(21-5)16(10-13)18(2,3)4/h6-11H,1-5H3. The molecule has 0 aliphatic heterocycles. The molecule has 3 nitrogen and oxygen atoms in total. The Morgan fingerprint density at radius 1 is 1.24 bits per heavy atom. The van der Waals surface area contributed by atoms with Gasteiger partial charge in [0.2, 0.25) is 0 Å². The largest absolute Gasteiger partial charge is 0.496 e.